The number of aliphatic hydroxyl groups is 4. The van der Waals surface area contributed by atoms with E-state index >= 15 is 0 Å². The highest BCUT2D eigenvalue weighted by molar-refractivity contribution is 9.10. The van der Waals surface area contributed by atoms with Gasteiger partial charge in [-0.25, -0.2) is 0 Å². The summed E-state index contributed by atoms with van der Waals surface area (Å²) < 4.78 is 0. The number of halogens is 1. The molecule has 6 nitrogen and oxygen atoms in total. The Morgan fingerprint density at radius 1 is 1.21 bits per heavy atom. The van der Waals surface area contributed by atoms with Crippen LogP contribution in [0.15, 0.2) is 0 Å². The van der Waals surface area contributed by atoms with Crippen LogP contribution in [0.3, 0.4) is 0 Å². The Kier molecular flexibility index (Phi) is 7.46. The van der Waals surface area contributed by atoms with Crippen molar-refractivity contribution in [2.45, 2.75) is 56.4 Å². The number of β-amino-alcohol motifs (C(OH)–C–C–N with tert-alkyl or cyclic N) is 1. The van der Waals surface area contributed by atoms with Gasteiger partial charge < -0.3 is 25.3 Å². The monoisotopic (exact) mass is 341 g/mol. The Morgan fingerprint density at radius 2 is 1.68 bits per heavy atom. The number of nitrogens with zero attached hydrogens (tertiary/aromatic N) is 1. The van der Waals surface area contributed by atoms with E-state index in [4.69, 9.17) is 5.11 Å². The van der Waals surface area contributed by atoms with E-state index in [1.807, 2.05) is 20.8 Å². The summed E-state index contributed by atoms with van der Waals surface area (Å²) in [4.78, 5) is 13.1. The van der Waals surface area contributed by atoms with Gasteiger partial charge in [0.15, 0.2) is 0 Å². The van der Waals surface area contributed by atoms with E-state index in [0.29, 0.717) is 0 Å². The molecule has 4 atom stereocenters. The van der Waals surface area contributed by atoms with Gasteiger partial charge in [-0.1, -0.05) is 15.9 Å². The second kappa shape index (κ2) is 7.54. The number of carbonyl (C=O) groups excluding carboxylic acids is 1. The van der Waals surface area contributed by atoms with E-state index in [0.717, 1.165) is 0 Å². The minimum atomic E-state index is -1.51. The quantitative estimate of drug-likeness (QED) is 0.486. The summed E-state index contributed by atoms with van der Waals surface area (Å²) in [6.45, 7) is 6.31. The Bertz CT molecular complexity index is 292. The maximum Gasteiger partial charge on any atom is 0.236 e. The molecule has 0 aliphatic carbocycles. The first-order chi connectivity index (χ1) is 8.52. The van der Waals surface area contributed by atoms with Crippen molar-refractivity contribution in [1.29, 1.82) is 0 Å². The SMILES string of the molecule is CC(Br)C(=O)N(CC(O)C(O)C(O)CO)C(C)(C)C. The van der Waals surface area contributed by atoms with Gasteiger partial charge >= 0.3 is 0 Å². The van der Waals surface area contributed by atoms with E-state index in [2.05, 4.69) is 15.9 Å². The number of hydrogen-bond donors (Lipinski definition) is 4. The third-order valence-corrected chi connectivity index (χ3v) is 3.15. The zero-order chi connectivity index (χ0) is 15.4. The molecule has 0 radical (unpaired) electrons. The summed E-state index contributed by atoms with van der Waals surface area (Å²) in [5.74, 6) is -0.225. The molecule has 0 saturated carbocycles. The maximum absolute atomic E-state index is 12.1. The van der Waals surface area contributed by atoms with Crippen LogP contribution in [0.2, 0.25) is 0 Å². The molecule has 0 spiro atoms. The van der Waals surface area contributed by atoms with Gasteiger partial charge in [0.2, 0.25) is 5.91 Å². The van der Waals surface area contributed by atoms with Crippen LogP contribution in [0, 0.1) is 0 Å². The number of hydrogen-bond acceptors (Lipinski definition) is 5. The lowest BCUT2D eigenvalue weighted by Gasteiger charge is -2.39. The molecule has 0 aliphatic heterocycles. The summed E-state index contributed by atoms with van der Waals surface area (Å²) in [6, 6.07) is 0. The lowest BCUT2D eigenvalue weighted by atomic mass is 10.0. The van der Waals surface area contributed by atoms with Gasteiger partial charge in [-0.2, -0.15) is 0 Å². The minimum Gasteiger partial charge on any atom is -0.394 e. The first kappa shape index (κ1) is 18.8. The lowest BCUT2D eigenvalue weighted by Crippen LogP contribution is -2.54. The van der Waals surface area contributed by atoms with Gasteiger partial charge in [0.1, 0.15) is 18.3 Å². The molecule has 7 heteroatoms. The molecule has 0 bridgehead atoms. The topological polar surface area (TPSA) is 101 Å². The second-order valence-corrected chi connectivity index (χ2v) is 6.92. The molecule has 0 aromatic rings. The van der Waals surface area contributed by atoms with Crippen LogP contribution in [0.1, 0.15) is 27.7 Å². The number of rotatable bonds is 6. The van der Waals surface area contributed by atoms with Crippen molar-refractivity contribution in [2.75, 3.05) is 13.2 Å². The Morgan fingerprint density at radius 3 is 2.00 bits per heavy atom. The fourth-order valence-corrected chi connectivity index (χ4v) is 1.82. The molecule has 0 aromatic heterocycles. The molecule has 4 unspecified atom stereocenters. The van der Waals surface area contributed by atoms with E-state index in [-0.39, 0.29) is 12.5 Å². The van der Waals surface area contributed by atoms with E-state index in [1.54, 1.807) is 6.92 Å². The normalized spacial score (nSPS) is 18.6. The largest absolute Gasteiger partial charge is 0.394 e. The standard InChI is InChI=1S/C12H24BrNO5/c1-7(13)11(19)14(12(2,3)4)5-8(16)10(18)9(17)6-15/h7-10,15-18H,5-6H2,1-4H3. The number of amides is 1. The molecule has 0 saturated heterocycles. The predicted octanol–water partition coefficient (Wildman–Crippen LogP) is -0.528. The van der Waals surface area contributed by atoms with Crippen molar-refractivity contribution in [1.82, 2.24) is 4.90 Å². The Hall–Kier alpha value is -0.210. The molecular weight excluding hydrogens is 318 g/mol. The molecule has 0 heterocycles. The summed E-state index contributed by atoms with van der Waals surface area (Å²) in [7, 11) is 0. The van der Waals surface area contributed by atoms with Gasteiger partial charge in [-0.3, -0.25) is 4.79 Å². The molecule has 0 aliphatic rings. The minimum absolute atomic E-state index is 0.128. The molecule has 4 N–H and O–H groups in total. The number of alkyl halides is 1. The van der Waals surface area contributed by atoms with E-state index < -0.39 is 35.3 Å². The highest BCUT2D eigenvalue weighted by Crippen LogP contribution is 2.19. The average molecular weight is 342 g/mol. The van der Waals surface area contributed by atoms with Crippen molar-refractivity contribution in [2.24, 2.45) is 0 Å². The zero-order valence-electron chi connectivity index (χ0n) is 11.7. The summed E-state index contributed by atoms with van der Waals surface area (Å²) in [5.41, 5.74) is -0.538. The second-order valence-electron chi connectivity index (χ2n) is 5.54. The number of aliphatic hydroxyl groups excluding tert-OH is 4. The van der Waals surface area contributed by atoms with Gasteiger partial charge in [-0.15, -0.1) is 0 Å². The van der Waals surface area contributed by atoms with Crippen LogP contribution < -0.4 is 0 Å². The third kappa shape index (κ3) is 5.74. The molecule has 114 valence electrons. The molecule has 19 heavy (non-hydrogen) atoms. The first-order valence-electron chi connectivity index (χ1n) is 6.13. The van der Waals surface area contributed by atoms with Crippen LogP contribution in [-0.2, 0) is 4.79 Å². The first-order valence-corrected chi connectivity index (χ1v) is 7.04. The van der Waals surface area contributed by atoms with Gasteiger partial charge in [-0.05, 0) is 27.7 Å². The van der Waals surface area contributed by atoms with E-state index in [1.165, 1.54) is 4.90 Å². The summed E-state index contributed by atoms with van der Waals surface area (Å²) >= 11 is 3.18. The maximum atomic E-state index is 12.1. The fourth-order valence-electron chi connectivity index (χ4n) is 1.57. The van der Waals surface area contributed by atoms with Crippen molar-refractivity contribution in [3.05, 3.63) is 0 Å². The van der Waals surface area contributed by atoms with Crippen LogP contribution in [0.4, 0.5) is 0 Å². The van der Waals surface area contributed by atoms with Gasteiger partial charge in [0.05, 0.1) is 11.4 Å². The van der Waals surface area contributed by atoms with Gasteiger partial charge in [0.25, 0.3) is 0 Å². The predicted molar refractivity (Wildman–Crippen MR) is 75.0 cm³/mol. The van der Waals surface area contributed by atoms with Crippen molar-refractivity contribution in [3.8, 4) is 0 Å². The van der Waals surface area contributed by atoms with Crippen molar-refractivity contribution < 1.29 is 25.2 Å². The smallest absolute Gasteiger partial charge is 0.236 e. The molecule has 0 aromatic carbocycles. The fraction of sp³-hybridized carbons (Fsp3) is 0.917. The van der Waals surface area contributed by atoms with Crippen molar-refractivity contribution in [3.63, 3.8) is 0 Å². The third-order valence-electron chi connectivity index (χ3n) is 2.76. The number of carbonyl (C=O) groups is 1. The Balaban J connectivity index is 4.89. The zero-order valence-corrected chi connectivity index (χ0v) is 13.3. The van der Waals surface area contributed by atoms with E-state index in [9.17, 15) is 20.1 Å². The molecule has 0 fully saturated rings. The van der Waals surface area contributed by atoms with Crippen LogP contribution in [0.5, 0.6) is 0 Å². The molecule has 1 amide bonds. The molecular formula is C12H24BrNO5. The van der Waals surface area contributed by atoms with Crippen LogP contribution >= 0.6 is 15.9 Å². The van der Waals surface area contributed by atoms with Crippen molar-refractivity contribution >= 4 is 21.8 Å². The highest BCUT2D eigenvalue weighted by Gasteiger charge is 2.34. The van der Waals surface area contributed by atoms with Crippen LogP contribution in [-0.4, -0.2) is 73.1 Å². The van der Waals surface area contributed by atoms with Gasteiger partial charge in [0, 0.05) is 12.1 Å². The summed E-state index contributed by atoms with van der Waals surface area (Å²) in [5, 5.41) is 37.5. The average Bonchev–Trinajstić information content (AvgIpc) is 2.31. The van der Waals surface area contributed by atoms with Crippen LogP contribution in [0.25, 0.3) is 0 Å². The highest BCUT2D eigenvalue weighted by atomic mass is 79.9. The summed E-state index contributed by atoms with van der Waals surface area (Å²) in [6.07, 6.45) is -4.28. The Labute approximate surface area is 122 Å². The molecule has 0 rings (SSSR count). The lowest BCUT2D eigenvalue weighted by molar-refractivity contribution is -0.141.